The van der Waals surface area contributed by atoms with Gasteiger partial charge in [0.15, 0.2) is 11.5 Å². The summed E-state index contributed by atoms with van der Waals surface area (Å²) >= 11 is 5.92. The summed E-state index contributed by atoms with van der Waals surface area (Å²) in [6.07, 6.45) is 2.62. The van der Waals surface area contributed by atoms with Gasteiger partial charge in [-0.3, -0.25) is 9.88 Å². The summed E-state index contributed by atoms with van der Waals surface area (Å²) in [5.41, 5.74) is 2.26. The number of benzene rings is 2. The van der Waals surface area contributed by atoms with Gasteiger partial charge in [-0.05, 0) is 36.8 Å². The van der Waals surface area contributed by atoms with Crippen molar-refractivity contribution in [1.29, 1.82) is 0 Å². The molecule has 3 aromatic rings. The number of ether oxygens (including phenoxy) is 3. The molecule has 31 heavy (non-hydrogen) atoms. The van der Waals surface area contributed by atoms with Gasteiger partial charge in [0.25, 0.3) is 0 Å². The summed E-state index contributed by atoms with van der Waals surface area (Å²) in [7, 11) is 1.62. The van der Waals surface area contributed by atoms with E-state index in [1.807, 2.05) is 18.2 Å². The molecule has 1 aliphatic heterocycles. The van der Waals surface area contributed by atoms with Crippen LogP contribution in [0.1, 0.15) is 6.42 Å². The number of methoxy groups -OCH3 is 1. The minimum Gasteiger partial charge on any atom is -0.493 e. The molecule has 164 valence electrons. The molecule has 2 aromatic carbocycles. The van der Waals surface area contributed by atoms with Gasteiger partial charge in [0.05, 0.1) is 37.5 Å². The van der Waals surface area contributed by atoms with Crippen LogP contribution >= 0.6 is 11.6 Å². The van der Waals surface area contributed by atoms with Crippen molar-refractivity contribution in [2.75, 3.05) is 51.9 Å². The highest BCUT2D eigenvalue weighted by molar-refractivity contribution is 6.31. The topological polar surface area (TPSA) is 55.8 Å². The average Bonchev–Trinajstić information content (AvgIpc) is 2.79. The van der Waals surface area contributed by atoms with E-state index in [-0.39, 0.29) is 5.02 Å². The number of pyridine rings is 1. The molecule has 0 saturated carbocycles. The number of halogens is 2. The third kappa shape index (κ3) is 5.36. The summed E-state index contributed by atoms with van der Waals surface area (Å²) in [5, 5.41) is 4.22. The van der Waals surface area contributed by atoms with E-state index in [9.17, 15) is 4.39 Å². The monoisotopic (exact) mass is 445 g/mol. The molecule has 0 unspecified atom stereocenters. The number of morpholine rings is 1. The molecule has 0 bridgehead atoms. The average molecular weight is 446 g/mol. The van der Waals surface area contributed by atoms with Crippen molar-refractivity contribution in [3.8, 4) is 11.5 Å². The minimum atomic E-state index is -0.454. The van der Waals surface area contributed by atoms with E-state index in [1.54, 1.807) is 25.4 Å². The molecular weight excluding hydrogens is 421 g/mol. The molecule has 4 rings (SSSR count). The van der Waals surface area contributed by atoms with E-state index in [0.717, 1.165) is 55.9 Å². The standard InChI is InChI=1S/C23H25ClFN3O3/c1-29-22-15-21-17(14-23(22)31-10-2-7-28-8-11-30-12-9-28)20(5-6-26-21)27-16-3-4-19(25)18(24)13-16/h3-6,13-15H,2,7-12H2,1H3,(H,26,27). The predicted molar refractivity (Wildman–Crippen MR) is 120 cm³/mol. The van der Waals surface area contributed by atoms with Crippen LogP contribution in [0.3, 0.4) is 0 Å². The number of aromatic nitrogens is 1. The highest BCUT2D eigenvalue weighted by atomic mass is 35.5. The molecule has 0 radical (unpaired) electrons. The van der Waals surface area contributed by atoms with Gasteiger partial charge in [-0.1, -0.05) is 11.6 Å². The molecule has 0 atom stereocenters. The lowest BCUT2D eigenvalue weighted by molar-refractivity contribution is 0.0357. The normalized spacial score (nSPS) is 14.5. The number of nitrogens with zero attached hydrogens (tertiary/aromatic N) is 2. The first-order valence-electron chi connectivity index (χ1n) is 10.3. The minimum absolute atomic E-state index is 0.0642. The fourth-order valence-electron chi connectivity index (χ4n) is 3.56. The van der Waals surface area contributed by atoms with Gasteiger partial charge in [-0.25, -0.2) is 4.39 Å². The molecule has 1 aromatic heterocycles. The van der Waals surface area contributed by atoms with Crippen molar-refractivity contribution in [1.82, 2.24) is 9.88 Å². The highest BCUT2D eigenvalue weighted by Crippen LogP contribution is 2.36. The Bertz CT molecular complexity index is 1040. The van der Waals surface area contributed by atoms with Crippen molar-refractivity contribution in [2.24, 2.45) is 0 Å². The molecule has 6 nitrogen and oxygen atoms in total. The molecule has 0 amide bonds. The van der Waals surface area contributed by atoms with Crippen LogP contribution in [-0.2, 0) is 4.74 Å². The lowest BCUT2D eigenvalue weighted by Crippen LogP contribution is -2.37. The van der Waals surface area contributed by atoms with E-state index < -0.39 is 5.82 Å². The Morgan fingerprint density at radius 2 is 2.00 bits per heavy atom. The van der Waals surface area contributed by atoms with Gasteiger partial charge < -0.3 is 19.5 Å². The fraction of sp³-hybridized carbons (Fsp3) is 0.348. The smallest absolute Gasteiger partial charge is 0.162 e. The number of anilines is 2. The number of rotatable bonds is 8. The van der Waals surface area contributed by atoms with Crippen LogP contribution in [0.5, 0.6) is 11.5 Å². The summed E-state index contributed by atoms with van der Waals surface area (Å²) in [6, 6.07) is 10.2. The van der Waals surface area contributed by atoms with Crippen LogP contribution in [0.4, 0.5) is 15.8 Å². The quantitative estimate of drug-likeness (QED) is 0.499. The maximum Gasteiger partial charge on any atom is 0.162 e. The summed E-state index contributed by atoms with van der Waals surface area (Å²) < 4.78 is 30.4. The molecule has 1 saturated heterocycles. The van der Waals surface area contributed by atoms with Crippen LogP contribution < -0.4 is 14.8 Å². The van der Waals surface area contributed by atoms with Crippen molar-refractivity contribution >= 4 is 33.9 Å². The zero-order chi connectivity index (χ0) is 21.6. The number of hydrogen-bond donors (Lipinski definition) is 1. The van der Waals surface area contributed by atoms with Crippen LogP contribution in [0, 0.1) is 5.82 Å². The molecule has 2 heterocycles. The van der Waals surface area contributed by atoms with Gasteiger partial charge in [0.1, 0.15) is 5.82 Å². The second kappa shape index (κ2) is 10.1. The largest absolute Gasteiger partial charge is 0.493 e. The first-order valence-corrected chi connectivity index (χ1v) is 10.6. The number of nitrogens with one attached hydrogen (secondary N) is 1. The second-order valence-corrected chi connectivity index (χ2v) is 7.70. The third-order valence-electron chi connectivity index (χ3n) is 5.21. The van der Waals surface area contributed by atoms with E-state index in [2.05, 4.69) is 15.2 Å². The first kappa shape index (κ1) is 21.6. The maximum atomic E-state index is 13.5. The van der Waals surface area contributed by atoms with E-state index in [4.69, 9.17) is 25.8 Å². The lowest BCUT2D eigenvalue weighted by Gasteiger charge is -2.26. The Morgan fingerprint density at radius 1 is 1.16 bits per heavy atom. The molecule has 0 aliphatic carbocycles. The Kier molecular flexibility index (Phi) is 7.06. The molecule has 1 N–H and O–H groups in total. The molecule has 0 spiro atoms. The van der Waals surface area contributed by atoms with Crippen molar-refractivity contribution < 1.29 is 18.6 Å². The van der Waals surface area contributed by atoms with E-state index in [1.165, 1.54) is 6.07 Å². The van der Waals surface area contributed by atoms with Gasteiger partial charge in [0, 0.05) is 48.7 Å². The van der Waals surface area contributed by atoms with Gasteiger partial charge in [-0.15, -0.1) is 0 Å². The predicted octanol–water partition coefficient (Wildman–Crippen LogP) is 4.88. The molecule has 8 heteroatoms. The van der Waals surface area contributed by atoms with Crippen LogP contribution in [0.2, 0.25) is 5.02 Å². The maximum absolute atomic E-state index is 13.5. The second-order valence-electron chi connectivity index (χ2n) is 7.29. The van der Waals surface area contributed by atoms with Gasteiger partial charge in [0.2, 0.25) is 0 Å². The van der Waals surface area contributed by atoms with Crippen molar-refractivity contribution in [3.63, 3.8) is 0 Å². The molecule has 1 aliphatic rings. The zero-order valence-electron chi connectivity index (χ0n) is 17.4. The van der Waals surface area contributed by atoms with E-state index >= 15 is 0 Å². The van der Waals surface area contributed by atoms with E-state index in [0.29, 0.717) is 23.8 Å². The van der Waals surface area contributed by atoms with Gasteiger partial charge in [-0.2, -0.15) is 0 Å². The van der Waals surface area contributed by atoms with Crippen molar-refractivity contribution in [3.05, 3.63) is 53.4 Å². The number of fused-ring (bicyclic) bond motifs is 1. The SMILES string of the molecule is COc1cc2nccc(Nc3ccc(F)c(Cl)c3)c2cc1OCCCN1CCOCC1. The molecular formula is C23H25ClFN3O3. The van der Waals surface area contributed by atoms with Gasteiger partial charge >= 0.3 is 0 Å². The van der Waals surface area contributed by atoms with Crippen LogP contribution in [0.25, 0.3) is 10.9 Å². The zero-order valence-corrected chi connectivity index (χ0v) is 18.1. The summed E-state index contributed by atoms with van der Waals surface area (Å²) in [4.78, 5) is 6.82. The molecule has 1 fully saturated rings. The Hall–Kier alpha value is -2.61. The Labute approximate surface area is 185 Å². The van der Waals surface area contributed by atoms with Crippen LogP contribution in [-0.4, -0.2) is 56.4 Å². The van der Waals surface area contributed by atoms with Crippen LogP contribution in [0.15, 0.2) is 42.6 Å². The Balaban J connectivity index is 1.51. The highest BCUT2D eigenvalue weighted by Gasteiger charge is 2.13. The lowest BCUT2D eigenvalue weighted by atomic mass is 10.1. The summed E-state index contributed by atoms with van der Waals surface area (Å²) in [6.45, 7) is 5.07. The van der Waals surface area contributed by atoms with Crippen molar-refractivity contribution in [2.45, 2.75) is 6.42 Å². The number of hydrogen-bond acceptors (Lipinski definition) is 6. The Morgan fingerprint density at radius 3 is 2.77 bits per heavy atom. The summed E-state index contributed by atoms with van der Waals surface area (Å²) in [5.74, 6) is 0.836. The fourth-order valence-corrected chi connectivity index (χ4v) is 3.74. The first-order chi connectivity index (χ1) is 15.1. The third-order valence-corrected chi connectivity index (χ3v) is 5.50.